The first-order valence-corrected chi connectivity index (χ1v) is 4.88. The van der Waals surface area contributed by atoms with E-state index in [4.69, 9.17) is 4.74 Å². The number of benzene rings is 1. The van der Waals surface area contributed by atoms with E-state index in [1.54, 1.807) is 14.0 Å². The molecule has 0 unspecified atom stereocenters. The van der Waals surface area contributed by atoms with Crippen molar-refractivity contribution in [3.05, 3.63) is 23.8 Å². The smallest absolute Gasteiger partial charge is 0.134 e. The fourth-order valence-corrected chi connectivity index (χ4v) is 1.53. The number of nitrogens with zero attached hydrogens (tertiary/aromatic N) is 1. The van der Waals surface area contributed by atoms with Gasteiger partial charge in [0.05, 0.1) is 7.11 Å². The van der Waals surface area contributed by atoms with E-state index in [1.807, 2.05) is 37.2 Å². The number of carbonyl (C=O) groups is 1. The van der Waals surface area contributed by atoms with Crippen molar-refractivity contribution in [1.82, 2.24) is 0 Å². The van der Waals surface area contributed by atoms with Crippen molar-refractivity contribution < 1.29 is 9.53 Å². The predicted molar refractivity (Wildman–Crippen MR) is 61.7 cm³/mol. The van der Waals surface area contributed by atoms with Crippen LogP contribution in [0.1, 0.15) is 12.5 Å². The molecule has 0 aliphatic heterocycles. The molecule has 0 radical (unpaired) electrons. The molecule has 0 N–H and O–H groups in total. The Morgan fingerprint density at radius 1 is 1.40 bits per heavy atom. The van der Waals surface area contributed by atoms with Crippen LogP contribution in [-0.2, 0) is 11.2 Å². The van der Waals surface area contributed by atoms with E-state index in [1.165, 1.54) is 0 Å². The lowest BCUT2D eigenvalue weighted by molar-refractivity contribution is -0.116. The summed E-state index contributed by atoms with van der Waals surface area (Å²) >= 11 is 0. The van der Waals surface area contributed by atoms with E-state index < -0.39 is 0 Å². The third-order valence-corrected chi connectivity index (χ3v) is 2.21. The van der Waals surface area contributed by atoms with Crippen LogP contribution in [0.25, 0.3) is 0 Å². The van der Waals surface area contributed by atoms with Crippen LogP contribution in [0.5, 0.6) is 5.75 Å². The zero-order valence-corrected chi connectivity index (χ0v) is 9.70. The highest BCUT2D eigenvalue weighted by Gasteiger charge is 2.08. The van der Waals surface area contributed by atoms with Crippen LogP contribution < -0.4 is 9.64 Å². The molecule has 0 heterocycles. The Labute approximate surface area is 90.7 Å². The number of rotatable bonds is 4. The fourth-order valence-electron chi connectivity index (χ4n) is 1.53. The highest BCUT2D eigenvalue weighted by atomic mass is 16.5. The second-order valence-electron chi connectivity index (χ2n) is 3.77. The summed E-state index contributed by atoms with van der Waals surface area (Å²) in [6.07, 6.45) is 0.449. The number of ether oxygens (including phenoxy) is 1. The first-order valence-electron chi connectivity index (χ1n) is 4.88. The second kappa shape index (κ2) is 4.82. The summed E-state index contributed by atoms with van der Waals surface area (Å²) in [5.74, 6) is 0.947. The molecule has 1 rings (SSSR count). The minimum absolute atomic E-state index is 0.159. The predicted octanol–water partition coefficient (Wildman–Crippen LogP) is 1.89. The molecule has 0 atom stereocenters. The Bertz CT molecular complexity index is 359. The Morgan fingerprint density at radius 3 is 2.53 bits per heavy atom. The molecule has 0 aliphatic rings. The van der Waals surface area contributed by atoms with Crippen molar-refractivity contribution in [3.8, 4) is 5.75 Å². The molecule has 3 heteroatoms. The summed E-state index contributed by atoms with van der Waals surface area (Å²) in [5.41, 5.74) is 2.07. The van der Waals surface area contributed by atoms with Crippen LogP contribution in [0.2, 0.25) is 0 Å². The van der Waals surface area contributed by atoms with Gasteiger partial charge in [0.2, 0.25) is 0 Å². The van der Waals surface area contributed by atoms with E-state index in [9.17, 15) is 4.79 Å². The minimum Gasteiger partial charge on any atom is -0.497 e. The molecule has 0 amide bonds. The molecule has 0 aliphatic carbocycles. The lowest BCUT2D eigenvalue weighted by atomic mass is 10.1. The van der Waals surface area contributed by atoms with Gasteiger partial charge in [0, 0.05) is 26.2 Å². The number of hydrogen-bond donors (Lipinski definition) is 0. The van der Waals surface area contributed by atoms with E-state index in [0.29, 0.717) is 6.42 Å². The lowest BCUT2D eigenvalue weighted by Gasteiger charge is -2.17. The highest BCUT2D eigenvalue weighted by Crippen LogP contribution is 2.24. The summed E-state index contributed by atoms with van der Waals surface area (Å²) in [6, 6.07) is 5.78. The van der Waals surface area contributed by atoms with Crippen molar-refractivity contribution in [2.24, 2.45) is 0 Å². The Kier molecular flexibility index (Phi) is 3.72. The molecule has 0 bridgehead atoms. The van der Waals surface area contributed by atoms with Crippen molar-refractivity contribution in [2.75, 3.05) is 26.1 Å². The third-order valence-electron chi connectivity index (χ3n) is 2.21. The van der Waals surface area contributed by atoms with Gasteiger partial charge in [-0.25, -0.2) is 0 Å². The standard InChI is InChI=1S/C12H17NO2/c1-9(14)7-10-8-11(15-4)5-6-12(10)13(2)3/h5-6,8H,7H2,1-4H3. The maximum atomic E-state index is 11.1. The monoisotopic (exact) mass is 207 g/mol. The second-order valence-corrected chi connectivity index (χ2v) is 3.77. The van der Waals surface area contributed by atoms with Crippen molar-refractivity contribution in [2.45, 2.75) is 13.3 Å². The first kappa shape index (κ1) is 11.6. The van der Waals surface area contributed by atoms with Gasteiger partial charge in [-0.2, -0.15) is 0 Å². The fraction of sp³-hybridized carbons (Fsp3) is 0.417. The summed E-state index contributed by atoms with van der Waals surface area (Å²) in [5, 5.41) is 0. The van der Waals surface area contributed by atoms with E-state index in [-0.39, 0.29) is 5.78 Å². The largest absolute Gasteiger partial charge is 0.497 e. The topological polar surface area (TPSA) is 29.5 Å². The van der Waals surface area contributed by atoms with Crippen molar-refractivity contribution in [1.29, 1.82) is 0 Å². The average Bonchev–Trinajstić information content (AvgIpc) is 2.16. The molecule has 3 nitrogen and oxygen atoms in total. The average molecular weight is 207 g/mol. The van der Waals surface area contributed by atoms with Gasteiger partial charge in [0.25, 0.3) is 0 Å². The van der Waals surface area contributed by atoms with Crippen LogP contribution in [0.4, 0.5) is 5.69 Å². The highest BCUT2D eigenvalue weighted by molar-refractivity contribution is 5.80. The lowest BCUT2D eigenvalue weighted by Crippen LogP contribution is -2.12. The van der Waals surface area contributed by atoms with Crippen molar-refractivity contribution in [3.63, 3.8) is 0 Å². The molecule has 82 valence electrons. The van der Waals surface area contributed by atoms with Gasteiger partial charge in [-0.15, -0.1) is 0 Å². The molecule has 0 saturated heterocycles. The molecule has 0 saturated carbocycles. The third kappa shape index (κ3) is 2.98. The van der Waals surface area contributed by atoms with E-state index in [2.05, 4.69) is 0 Å². The molecular formula is C12H17NO2. The molecular weight excluding hydrogens is 190 g/mol. The van der Waals surface area contributed by atoms with Gasteiger partial charge in [0.1, 0.15) is 11.5 Å². The quantitative estimate of drug-likeness (QED) is 0.755. The van der Waals surface area contributed by atoms with Gasteiger partial charge in [-0.1, -0.05) is 0 Å². The number of ketones is 1. The van der Waals surface area contributed by atoms with Crippen LogP contribution in [0, 0.1) is 0 Å². The minimum atomic E-state index is 0.159. The van der Waals surface area contributed by atoms with Gasteiger partial charge >= 0.3 is 0 Å². The molecule has 0 fully saturated rings. The summed E-state index contributed by atoms with van der Waals surface area (Å²) in [7, 11) is 5.55. The van der Waals surface area contributed by atoms with Crippen LogP contribution in [0.15, 0.2) is 18.2 Å². The first-order chi connectivity index (χ1) is 7.04. The van der Waals surface area contributed by atoms with Gasteiger partial charge in [0.15, 0.2) is 0 Å². The van der Waals surface area contributed by atoms with Crippen molar-refractivity contribution >= 4 is 11.5 Å². The summed E-state index contributed by atoms with van der Waals surface area (Å²) in [4.78, 5) is 13.1. The van der Waals surface area contributed by atoms with Crippen LogP contribution >= 0.6 is 0 Å². The number of hydrogen-bond acceptors (Lipinski definition) is 3. The maximum Gasteiger partial charge on any atom is 0.134 e. The summed E-state index contributed by atoms with van der Waals surface area (Å²) in [6.45, 7) is 1.60. The zero-order chi connectivity index (χ0) is 11.4. The van der Waals surface area contributed by atoms with Crippen LogP contribution in [-0.4, -0.2) is 27.0 Å². The van der Waals surface area contributed by atoms with Crippen LogP contribution in [0.3, 0.4) is 0 Å². The number of Topliss-reactive ketones (excluding diaryl/α,β-unsaturated/α-hetero) is 1. The Hall–Kier alpha value is -1.51. The normalized spacial score (nSPS) is 9.87. The van der Waals surface area contributed by atoms with E-state index >= 15 is 0 Å². The van der Waals surface area contributed by atoms with E-state index in [0.717, 1.165) is 17.0 Å². The molecule has 1 aromatic carbocycles. The maximum absolute atomic E-state index is 11.1. The number of methoxy groups -OCH3 is 1. The SMILES string of the molecule is COc1ccc(N(C)C)c(CC(C)=O)c1. The molecule has 0 aromatic heterocycles. The number of anilines is 1. The molecule has 15 heavy (non-hydrogen) atoms. The Morgan fingerprint density at radius 2 is 2.07 bits per heavy atom. The molecule has 0 spiro atoms. The Balaban J connectivity index is 3.10. The summed E-state index contributed by atoms with van der Waals surface area (Å²) < 4.78 is 5.14. The number of carbonyl (C=O) groups excluding carboxylic acids is 1. The molecule has 1 aromatic rings. The zero-order valence-electron chi connectivity index (χ0n) is 9.70. The van der Waals surface area contributed by atoms with Gasteiger partial charge in [-0.05, 0) is 30.7 Å². The van der Waals surface area contributed by atoms with Gasteiger partial charge < -0.3 is 9.64 Å². The van der Waals surface area contributed by atoms with Gasteiger partial charge in [-0.3, -0.25) is 4.79 Å².